The Labute approximate surface area is 164 Å². The monoisotopic (exact) mass is 385 g/mol. The summed E-state index contributed by atoms with van der Waals surface area (Å²) in [4.78, 5) is 23.6. The number of nitrogens with one attached hydrogen (secondary N) is 2. The lowest BCUT2D eigenvalue weighted by atomic mass is 9.92. The molecule has 1 atom stereocenters. The Balaban J connectivity index is 1.29. The molecule has 9 heteroatoms. The molecule has 0 aromatic carbocycles. The highest BCUT2D eigenvalue weighted by atomic mass is 16.5. The highest BCUT2D eigenvalue weighted by Gasteiger charge is 2.23. The molecule has 2 aromatic heterocycles. The van der Waals surface area contributed by atoms with E-state index in [0.717, 1.165) is 75.7 Å². The molecule has 4 rings (SSSR count). The third-order valence-corrected chi connectivity index (χ3v) is 5.25. The van der Waals surface area contributed by atoms with Gasteiger partial charge >= 0.3 is 6.03 Å². The normalized spacial score (nSPS) is 19.8. The van der Waals surface area contributed by atoms with Crippen LogP contribution in [-0.4, -0.2) is 63.5 Å². The lowest BCUT2D eigenvalue weighted by molar-refractivity contribution is 0.0360. The van der Waals surface area contributed by atoms with E-state index in [1.807, 2.05) is 24.0 Å². The first kappa shape index (κ1) is 18.8. The highest BCUT2D eigenvalue weighted by molar-refractivity contribution is 5.89. The largest absolute Gasteiger partial charge is 0.379 e. The van der Waals surface area contributed by atoms with Gasteiger partial charge in [0.2, 0.25) is 0 Å². The number of amides is 2. The number of ether oxygens (including phenoxy) is 1. The van der Waals surface area contributed by atoms with Crippen LogP contribution in [0, 0.1) is 6.92 Å². The van der Waals surface area contributed by atoms with Crippen molar-refractivity contribution in [2.45, 2.75) is 38.8 Å². The first-order chi connectivity index (χ1) is 13.7. The summed E-state index contributed by atoms with van der Waals surface area (Å²) in [6.45, 7) is 7.11. The van der Waals surface area contributed by atoms with Crippen molar-refractivity contribution in [2.24, 2.45) is 0 Å². The van der Waals surface area contributed by atoms with Crippen LogP contribution in [0.5, 0.6) is 0 Å². The fraction of sp³-hybridized carbons (Fsp3) is 0.579. The number of carbonyl (C=O) groups excluding carboxylic acids is 1. The van der Waals surface area contributed by atoms with Gasteiger partial charge in [0.25, 0.3) is 0 Å². The summed E-state index contributed by atoms with van der Waals surface area (Å²) in [5, 5.41) is 10.3. The van der Waals surface area contributed by atoms with Gasteiger partial charge in [0, 0.05) is 43.3 Å². The molecule has 0 spiro atoms. The van der Waals surface area contributed by atoms with Gasteiger partial charge in [-0.1, -0.05) is 0 Å². The molecule has 0 saturated carbocycles. The van der Waals surface area contributed by atoms with Crippen LogP contribution in [-0.2, 0) is 17.7 Å². The Morgan fingerprint density at radius 1 is 1.29 bits per heavy atom. The number of hydrogen-bond donors (Lipinski definition) is 2. The number of hydrogen-bond acceptors (Lipinski definition) is 6. The second-order valence-electron chi connectivity index (χ2n) is 7.31. The minimum Gasteiger partial charge on any atom is -0.379 e. The van der Waals surface area contributed by atoms with Gasteiger partial charge in [0.15, 0.2) is 0 Å². The summed E-state index contributed by atoms with van der Waals surface area (Å²) >= 11 is 0. The van der Waals surface area contributed by atoms with Gasteiger partial charge in [-0.3, -0.25) is 9.58 Å². The number of aryl methyl sites for hydroxylation is 2. The van der Waals surface area contributed by atoms with Crippen molar-refractivity contribution in [1.82, 2.24) is 30.0 Å². The van der Waals surface area contributed by atoms with Crippen LogP contribution in [0.4, 0.5) is 10.5 Å². The fourth-order valence-electron chi connectivity index (χ4n) is 3.74. The lowest BCUT2D eigenvalue weighted by Crippen LogP contribution is -2.38. The third-order valence-electron chi connectivity index (χ3n) is 5.25. The van der Waals surface area contributed by atoms with Gasteiger partial charge in [-0.25, -0.2) is 14.8 Å². The van der Waals surface area contributed by atoms with Gasteiger partial charge in [-0.2, -0.15) is 5.10 Å². The van der Waals surface area contributed by atoms with Crippen molar-refractivity contribution in [3.8, 4) is 0 Å². The van der Waals surface area contributed by atoms with Crippen LogP contribution < -0.4 is 10.6 Å². The van der Waals surface area contributed by atoms with E-state index in [1.54, 1.807) is 6.20 Å². The van der Waals surface area contributed by atoms with Crippen molar-refractivity contribution in [1.29, 1.82) is 0 Å². The number of morpholine rings is 1. The van der Waals surface area contributed by atoms with Gasteiger partial charge in [-0.15, -0.1) is 0 Å². The molecule has 1 unspecified atom stereocenters. The number of anilines is 1. The van der Waals surface area contributed by atoms with E-state index in [-0.39, 0.29) is 12.1 Å². The number of rotatable bonds is 5. The molecule has 1 aliphatic carbocycles. The maximum Gasteiger partial charge on any atom is 0.319 e. The molecule has 28 heavy (non-hydrogen) atoms. The topological polar surface area (TPSA) is 97.2 Å². The predicted molar refractivity (Wildman–Crippen MR) is 104 cm³/mol. The van der Waals surface area contributed by atoms with Crippen LogP contribution in [0.15, 0.2) is 18.6 Å². The number of urea groups is 1. The van der Waals surface area contributed by atoms with Crippen molar-refractivity contribution < 1.29 is 9.53 Å². The van der Waals surface area contributed by atoms with Crippen molar-refractivity contribution in [3.05, 3.63) is 35.7 Å². The molecule has 1 saturated heterocycles. The average molecular weight is 385 g/mol. The van der Waals surface area contributed by atoms with E-state index in [9.17, 15) is 4.79 Å². The minimum atomic E-state index is -0.230. The van der Waals surface area contributed by atoms with E-state index in [1.165, 1.54) is 0 Å². The highest BCUT2D eigenvalue weighted by Crippen LogP contribution is 2.28. The maximum absolute atomic E-state index is 12.4. The molecule has 0 bridgehead atoms. The Morgan fingerprint density at radius 3 is 3.00 bits per heavy atom. The fourth-order valence-corrected chi connectivity index (χ4v) is 3.74. The predicted octanol–water partition coefficient (Wildman–Crippen LogP) is 1.51. The van der Waals surface area contributed by atoms with E-state index >= 15 is 0 Å². The Bertz CT molecular complexity index is 816. The second kappa shape index (κ2) is 8.66. The molecule has 2 aliphatic rings. The average Bonchev–Trinajstić information content (AvgIpc) is 3.14. The Morgan fingerprint density at radius 2 is 2.14 bits per heavy atom. The zero-order valence-electron chi connectivity index (χ0n) is 16.2. The standard InChI is InChI=1S/C19H27N7O2/c1-14-20-12-16-17(22-14)3-2-4-18(16)24-19(27)23-15-11-21-26(13-15)6-5-25-7-9-28-10-8-25/h11-13,18H,2-10H2,1H3,(H2,23,24,27). The van der Waals surface area contributed by atoms with E-state index < -0.39 is 0 Å². The molecule has 3 heterocycles. The molecule has 1 fully saturated rings. The van der Waals surface area contributed by atoms with Crippen LogP contribution in [0.2, 0.25) is 0 Å². The molecule has 1 aliphatic heterocycles. The molecule has 2 N–H and O–H groups in total. The summed E-state index contributed by atoms with van der Waals surface area (Å²) in [5.74, 6) is 0.772. The van der Waals surface area contributed by atoms with Gasteiger partial charge < -0.3 is 15.4 Å². The van der Waals surface area contributed by atoms with Gasteiger partial charge in [0.05, 0.1) is 37.7 Å². The summed E-state index contributed by atoms with van der Waals surface area (Å²) in [5.41, 5.74) is 2.75. The summed E-state index contributed by atoms with van der Waals surface area (Å²) < 4.78 is 7.22. The summed E-state index contributed by atoms with van der Waals surface area (Å²) in [6.07, 6.45) is 8.22. The molecular formula is C19H27N7O2. The number of nitrogens with zero attached hydrogens (tertiary/aromatic N) is 5. The molecule has 150 valence electrons. The molecular weight excluding hydrogens is 358 g/mol. The maximum atomic E-state index is 12.4. The van der Waals surface area contributed by atoms with Gasteiger partial charge in [-0.05, 0) is 26.2 Å². The van der Waals surface area contributed by atoms with E-state index in [4.69, 9.17) is 4.74 Å². The number of fused-ring (bicyclic) bond motifs is 1. The van der Waals surface area contributed by atoms with Crippen LogP contribution in [0.25, 0.3) is 0 Å². The number of carbonyl (C=O) groups is 1. The number of aromatic nitrogens is 4. The van der Waals surface area contributed by atoms with Gasteiger partial charge in [0.1, 0.15) is 5.82 Å². The summed E-state index contributed by atoms with van der Waals surface area (Å²) in [7, 11) is 0. The smallest absolute Gasteiger partial charge is 0.319 e. The lowest BCUT2D eigenvalue weighted by Gasteiger charge is -2.26. The van der Waals surface area contributed by atoms with Crippen molar-refractivity contribution >= 4 is 11.7 Å². The zero-order valence-corrected chi connectivity index (χ0v) is 16.2. The van der Waals surface area contributed by atoms with Crippen LogP contribution in [0.1, 0.15) is 36.0 Å². The molecule has 2 aromatic rings. The summed E-state index contributed by atoms with van der Waals surface area (Å²) in [6, 6.07) is -0.285. The first-order valence-electron chi connectivity index (χ1n) is 9.90. The van der Waals surface area contributed by atoms with Crippen molar-refractivity contribution in [2.75, 3.05) is 38.2 Å². The molecule has 9 nitrogen and oxygen atoms in total. The first-order valence-corrected chi connectivity index (χ1v) is 9.90. The van der Waals surface area contributed by atoms with Crippen molar-refractivity contribution in [3.63, 3.8) is 0 Å². The minimum absolute atomic E-state index is 0.0549. The quantitative estimate of drug-likeness (QED) is 0.810. The Kier molecular flexibility index (Phi) is 5.82. The van der Waals surface area contributed by atoms with E-state index in [2.05, 4.69) is 30.6 Å². The second-order valence-corrected chi connectivity index (χ2v) is 7.31. The van der Waals surface area contributed by atoms with Crippen LogP contribution in [0.3, 0.4) is 0 Å². The molecule has 0 radical (unpaired) electrons. The molecule has 2 amide bonds. The van der Waals surface area contributed by atoms with E-state index in [0.29, 0.717) is 5.69 Å². The zero-order chi connectivity index (χ0) is 19.3. The van der Waals surface area contributed by atoms with Crippen LogP contribution >= 0.6 is 0 Å². The third kappa shape index (κ3) is 4.66. The SMILES string of the molecule is Cc1ncc2c(n1)CCCC2NC(=O)Nc1cnn(CCN2CCOCC2)c1. The Hall–Kier alpha value is -2.52.